The Bertz CT molecular complexity index is 1200. The van der Waals surface area contributed by atoms with Crippen LogP contribution in [0.2, 0.25) is 0 Å². The van der Waals surface area contributed by atoms with E-state index in [2.05, 4.69) is 26.8 Å². The van der Waals surface area contributed by atoms with Gasteiger partial charge in [0, 0.05) is 22.0 Å². The molecule has 0 amide bonds. The molecule has 1 aromatic carbocycles. The predicted molar refractivity (Wildman–Crippen MR) is 134 cm³/mol. The number of rotatable bonds is 4. The molecule has 3 aliphatic rings. The quantitative estimate of drug-likeness (QED) is 0.586. The maximum atomic E-state index is 14.1. The van der Waals surface area contributed by atoms with Crippen molar-refractivity contribution < 1.29 is 19.5 Å². The lowest BCUT2D eigenvalue weighted by Gasteiger charge is -2.58. The Labute approximate surface area is 203 Å². The third-order valence-electron chi connectivity index (χ3n) is 8.80. The van der Waals surface area contributed by atoms with Gasteiger partial charge in [-0.3, -0.25) is 14.4 Å². The lowest BCUT2D eigenvalue weighted by Crippen LogP contribution is -2.63. The van der Waals surface area contributed by atoms with Crippen molar-refractivity contribution in [2.75, 3.05) is 0 Å². The molecule has 182 valence electrons. The van der Waals surface area contributed by atoms with Crippen LogP contribution in [0.5, 0.6) is 0 Å². The summed E-state index contributed by atoms with van der Waals surface area (Å²) >= 11 is 0. The summed E-state index contributed by atoms with van der Waals surface area (Å²) in [6.45, 7) is 15.4. The molecule has 4 nitrogen and oxygen atoms in total. The van der Waals surface area contributed by atoms with E-state index in [-0.39, 0.29) is 17.1 Å². The van der Waals surface area contributed by atoms with E-state index in [0.717, 1.165) is 41.5 Å². The van der Waals surface area contributed by atoms with Gasteiger partial charge in [-0.1, -0.05) is 45.4 Å². The fraction of sp³-hybridized carbons (Fsp3) is 0.567. The zero-order chi connectivity index (χ0) is 25.4. The number of aryl methyl sites for hydroxylation is 2. The van der Waals surface area contributed by atoms with E-state index in [1.165, 1.54) is 12.5 Å². The van der Waals surface area contributed by atoms with Crippen LogP contribution in [0.25, 0.3) is 0 Å². The molecule has 3 atom stereocenters. The number of benzene rings is 1. The molecule has 0 spiro atoms. The SMILES string of the molecule is CC(=O)C1=C(C)CC2(C)CC3(C)Cc4c(CCC(C)C)ccc(C)c4C(=O)C3=C(C)C2(O)C1=O. The minimum absolute atomic E-state index is 0.0657. The van der Waals surface area contributed by atoms with Gasteiger partial charge in [-0.05, 0) is 88.0 Å². The fourth-order valence-corrected chi connectivity index (χ4v) is 7.42. The standard InChI is InChI=1S/C30H38O4/c1-16(2)9-11-21-12-10-17(3)24-22(21)14-28(7)15-29(8)13-18(4)23(20(6)31)27(33)30(29,34)19(5)25(28)26(24)32/h10,12,16,34H,9,11,13-15H2,1-8H3. The summed E-state index contributed by atoms with van der Waals surface area (Å²) in [5, 5.41) is 12.1. The average molecular weight is 463 g/mol. The molecule has 1 aromatic rings. The molecule has 0 aliphatic heterocycles. The maximum Gasteiger partial charge on any atom is 0.202 e. The summed E-state index contributed by atoms with van der Waals surface area (Å²) < 4.78 is 0. The molecule has 0 aromatic heterocycles. The van der Waals surface area contributed by atoms with Crippen LogP contribution in [0, 0.1) is 23.7 Å². The first-order valence-corrected chi connectivity index (χ1v) is 12.5. The summed E-state index contributed by atoms with van der Waals surface area (Å²) in [6, 6.07) is 4.20. The Morgan fingerprint density at radius 1 is 1.09 bits per heavy atom. The van der Waals surface area contributed by atoms with Gasteiger partial charge in [0.05, 0.1) is 5.57 Å². The summed E-state index contributed by atoms with van der Waals surface area (Å²) in [6.07, 6.45) is 3.69. The van der Waals surface area contributed by atoms with Crippen molar-refractivity contribution in [3.8, 4) is 0 Å². The molecular formula is C30H38O4. The van der Waals surface area contributed by atoms with E-state index < -0.39 is 22.2 Å². The highest BCUT2D eigenvalue weighted by Gasteiger charge is 2.65. The summed E-state index contributed by atoms with van der Waals surface area (Å²) in [5.74, 6) is -0.356. The molecule has 0 saturated heterocycles. The molecule has 0 heterocycles. The Kier molecular flexibility index (Phi) is 5.72. The van der Waals surface area contributed by atoms with Crippen molar-refractivity contribution in [3.05, 3.63) is 56.7 Å². The zero-order valence-electron chi connectivity index (χ0n) is 21.9. The van der Waals surface area contributed by atoms with Crippen LogP contribution in [0.15, 0.2) is 34.4 Å². The van der Waals surface area contributed by atoms with E-state index in [0.29, 0.717) is 29.9 Å². The second-order valence-corrected chi connectivity index (χ2v) is 12.1. The number of hydrogen-bond acceptors (Lipinski definition) is 4. The minimum atomic E-state index is -1.85. The van der Waals surface area contributed by atoms with Crippen molar-refractivity contribution in [1.82, 2.24) is 0 Å². The lowest BCUT2D eigenvalue weighted by molar-refractivity contribution is -0.150. The summed E-state index contributed by atoms with van der Waals surface area (Å²) in [5.41, 5.74) is 2.77. The predicted octanol–water partition coefficient (Wildman–Crippen LogP) is 5.66. The van der Waals surface area contributed by atoms with E-state index in [1.807, 2.05) is 26.8 Å². The van der Waals surface area contributed by atoms with Crippen LogP contribution < -0.4 is 0 Å². The molecule has 34 heavy (non-hydrogen) atoms. The topological polar surface area (TPSA) is 71.4 Å². The van der Waals surface area contributed by atoms with Gasteiger partial charge in [-0.15, -0.1) is 0 Å². The van der Waals surface area contributed by atoms with Crippen LogP contribution >= 0.6 is 0 Å². The maximum absolute atomic E-state index is 14.1. The number of fused-ring (bicyclic) bond motifs is 3. The lowest BCUT2D eigenvalue weighted by atomic mass is 9.46. The second kappa shape index (κ2) is 7.84. The first-order chi connectivity index (χ1) is 15.7. The number of allylic oxidation sites excluding steroid dienone is 2. The smallest absolute Gasteiger partial charge is 0.202 e. The van der Waals surface area contributed by atoms with Crippen molar-refractivity contribution >= 4 is 17.3 Å². The largest absolute Gasteiger partial charge is 0.377 e. The number of carbonyl (C=O) groups excluding carboxylic acids is 3. The van der Waals surface area contributed by atoms with E-state index in [1.54, 1.807) is 6.92 Å². The number of aliphatic hydroxyl groups is 1. The number of hydrogen-bond donors (Lipinski definition) is 1. The molecular weight excluding hydrogens is 424 g/mol. The van der Waals surface area contributed by atoms with E-state index in [4.69, 9.17) is 0 Å². The van der Waals surface area contributed by atoms with E-state index in [9.17, 15) is 19.5 Å². The highest BCUT2D eigenvalue weighted by molar-refractivity contribution is 6.25. The molecule has 0 bridgehead atoms. The molecule has 3 aliphatic carbocycles. The fourth-order valence-electron chi connectivity index (χ4n) is 7.42. The van der Waals surface area contributed by atoms with Gasteiger partial charge in [-0.25, -0.2) is 0 Å². The van der Waals surface area contributed by atoms with E-state index >= 15 is 0 Å². The van der Waals surface area contributed by atoms with Crippen LogP contribution in [-0.2, 0) is 22.4 Å². The van der Waals surface area contributed by atoms with Crippen molar-refractivity contribution in [2.45, 2.75) is 93.1 Å². The molecule has 0 saturated carbocycles. The molecule has 0 fully saturated rings. The molecule has 1 N–H and O–H groups in total. The third-order valence-corrected chi connectivity index (χ3v) is 8.80. The minimum Gasteiger partial charge on any atom is -0.377 e. The molecule has 4 rings (SSSR count). The monoisotopic (exact) mass is 462 g/mol. The van der Waals surface area contributed by atoms with Gasteiger partial charge in [0.2, 0.25) is 5.78 Å². The van der Waals surface area contributed by atoms with Crippen LogP contribution in [0.1, 0.15) is 94.8 Å². The highest BCUT2D eigenvalue weighted by atomic mass is 16.3. The first-order valence-electron chi connectivity index (χ1n) is 12.5. The van der Waals surface area contributed by atoms with Crippen LogP contribution in [0.4, 0.5) is 0 Å². The Hall–Kier alpha value is -2.33. The van der Waals surface area contributed by atoms with Gasteiger partial charge in [-0.2, -0.15) is 0 Å². The zero-order valence-corrected chi connectivity index (χ0v) is 21.9. The summed E-state index contributed by atoms with van der Waals surface area (Å²) in [7, 11) is 0. The van der Waals surface area contributed by atoms with Gasteiger partial charge in [0.25, 0.3) is 0 Å². The normalized spacial score (nSPS) is 31.0. The molecule has 3 unspecified atom stereocenters. The van der Waals surface area contributed by atoms with Crippen molar-refractivity contribution in [3.63, 3.8) is 0 Å². The van der Waals surface area contributed by atoms with Crippen LogP contribution in [0.3, 0.4) is 0 Å². The Morgan fingerprint density at radius 3 is 2.32 bits per heavy atom. The van der Waals surface area contributed by atoms with Crippen molar-refractivity contribution in [2.24, 2.45) is 16.7 Å². The second-order valence-electron chi connectivity index (χ2n) is 12.1. The van der Waals surface area contributed by atoms with Gasteiger partial charge in [0.15, 0.2) is 17.2 Å². The van der Waals surface area contributed by atoms with Gasteiger partial charge in [0.1, 0.15) is 0 Å². The first kappa shape index (κ1) is 24.8. The number of carbonyl (C=O) groups is 3. The third kappa shape index (κ3) is 3.25. The molecule has 0 radical (unpaired) electrons. The Morgan fingerprint density at radius 2 is 1.74 bits per heavy atom. The number of ketones is 3. The van der Waals surface area contributed by atoms with Gasteiger partial charge < -0.3 is 5.11 Å². The van der Waals surface area contributed by atoms with Gasteiger partial charge >= 0.3 is 0 Å². The number of Topliss-reactive ketones (excluding diaryl/α,β-unsaturated/α-hetero) is 3. The highest BCUT2D eigenvalue weighted by Crippen LogP contribution is 2.62. The summed E-state index contributed by atoms with van der Waals surface area (Å²) in [4.78, 5) is 40.1. The molecule has 4 heteroatoms. The average Bonchev–Trinajstić information content (AvgIpc) is 2.69. The van der Waals surface area contributed by atoms with Crippen LogP contribution in [-0.4, -0.2) is 28.1 Å². The Balaban J connectivity index is 1.95. The van der Waals surface area contributed by atoms with Crippen molar-refractivity contribution in [1.29, 1.82) is 0 Å².